The zero-order valence-corrected chi connectivity index (χ0v) is 10.0. The largest absolute Gasteiger partial charge is 0.314 e. The van der Waals surface area contributed by atoms with Gasteiger partial charge in [0.2, 0.25) is 0 Å². The lowest BCUT2D eigenvalue weighted by molar-refractivity contribution is 0.248. The molecule has 0 bridgehead atoms. The van der Waals surface area contributed by atoms with Gasteiger partial charge in [-0.15, -0.1) is 0 Å². The van der Waals surface area contributed by atoms with E-state index in [1.54, 1.807) is 0 Å². The van der Waals surface area contributed by atoms with E-state index in [1.807, 2.05) is 0 Å². The third-order valence-corrected chi connectivity index (χ3v) is 4.81. The third kappa shape index (κ3) is 2.55. The molecule has 1 nitrogen and oxygen atoms in total. The highest BCUT2D eigenvalue weighted by Gasteiger charge is 2.43. The Morgan fingerprint density at radius 2 is 1.93 bits per heavy atom. The van der Waals surface area contributed by atoms with Crippen LogP contribution in [0, 0.1) is 23.7 Å². The van der Waals surface area contributed by atoms with Crippen LogP contribution in [0.1, 0.15) is 51.9 Å². The summed E-state index contributed by atoms with van der Waals surface area (Å²) in [6.07, 6.45) is 10.5. The fraction of sp³-hybridized carbons (Fsp3) is 1.00. The van der Waals surface area contributed by atoms with Gasteiger partial charge in [0.05, 0.1) is 0 Å². The molecule has 0 radical (unpaired) electrons. The summed E-state index contributed by atoms with van der Waals surface area (Å²) < 4.78 is 0. The molecule has 86 valence electrons. The molecule has 3 fully saturated rings. The molecule has 0 aromatic carbocycles. The van der Waals surface area contributed by atoms with Crippen molar-refractivity contribution in [3.05, 3.63) is 0 Å². The van der Waals surface area contributed by atoms with Crippen molar-refractivity contribution >= 4 is 0 Å². The van der Waals surface area contributed by atoms with Crippen LogP contribution in [0.15, 0.2) is 0 Å². The minimum atomic E-state index is 0.913. The van der Waals surface area contributed by atoms with Gasteiger partial charge in [-0.3, -0.25) is 0 Å². The summed E-state index contributed by atoms with van der Waals surface area (Å²) in [4.78, 5) is 0. The molecule has 0 aromatic heterocycles. The van der Waals surface area contributed by atoms with Crippen molar-refractivity contribution in [2.24, 2.45) is 23.7 Å². The lowest BCUT2D eigenvalue weighted by Gasteiger charge is -2.27. The molecule has 0 saturated heterocycles. The lowest BCUT2D eigenvalue weighted by atomic mass is 9.79. The first-order valence-corrected chi connectivity index (χ1v) is 7.06. The molecule has 1 N–H and O–H groups in total. The average Bonchev–Trinajstić information content (AvgIpc) is 3.11. The van der Waals surface area contributed by atoms with Gasteiger partial charge in [-0.2, -0.15) is 0 Å². The monoisotopic (exact) mass is 207 g/mol. The Morgan fingerprint density at radius 1 is 1.07 bits per heavy atom. The highest BCUT2D eigenvalue weighted by Crippen LogP contribution is 2.50. The fourth-order valence-electron chi connectivity index (χ4n) is 3.56. The zero-order chi connectivity index (χ0) is 10.3. The Morgan fingerprint density at radius 3 is 2.67 bits per heavy atom. The predicted molar refractivity (Wildman–Crippen MR) is 63.7 cm³/mol. The standard InChI is InChI=1S/C14H25N/c1-10-3-2-4-11(7-10)14-8-12(14)9-15-13-5-6-13/h10-15H,2-9H2,1H3. The molecule has 0 amide bonds. The van der Waals surface area contributed by atoms with Crippen LogP contribution in [0.3, 0.4) is 0 Å². The Balaban J connectivity index is 1.40. The van der Waals surface area contributed by atoms with Crippen molar-refractivity contribution in [2.75, 3.05) is 6.54 Å². The van der Waals surface area contributed by atoms with E-state index in [0.717, 1.165) is 29.7 Å². The number of hydrogen-bond acceptors (Lipinski definition) is 1. The van der Waals surface area contributed by atoms with Crippen molar-refractivity contribution in [3.8, 4) is 0 Å². The summed E-state index contributed by atoms with van der Waals surface area (Å²) in [6.45, 7) is 3.78. The normalized spacial score (nSPS) is 45.4. The second kappa shape index (κ2) is 4.08. The maximum Gasteiger partial charge on any atom is 0.00683 e. The Labute approximate surface area is 94.0 Å². The Hall–Kier alpha value is -0.0400. The first kappa shape index (κ1) is 10.1. The fourth-order valence-corrected chi connectivity index (χ4v) is 3.56. The molecule has 3 rings (SSSR count). The Bertz CT molecular complexity index is 221. The SMILES string of the molecule is CC1CCCC(C2CC2CNC2CC2)C1. The van der Waals surface area contributed by atoms with Crippen molar-refractivity contribution in [3.63, 3.8) is 0 Å². The van der Waals surface area contributed by atoms with Gasteiger partial charge < -0.3 is 5.32 Å². The van der Waals surface area contributed by atoms with Gasteiger partial charge in [0.25, 0.3) is 0 Å². The predicted octanol–water partition coefficient (Wildman–Crippen LogP) is 3.20. The van der Waals surface area contributed by atoms with E-state index in [2.05, 4.69) is 12.2 Å². The summed E-state index contributed by atoms with van der Waals surface area (Å²) in [5.74, 6) is 4.28. The molecule has 0 spiro atoms. The average molecular weight is 207 g/mol. The highest BCUT2D eigenvalue weighted by atomic mass is 15.0. The molecular formula is C14H25N. The van der Waals surface area contributed by atoms with E-state index >= 15 is 0 Å². The quantitative estimate of drug-likeness (QED) is 0.746. The van der Waals surface area contributed by atoms with Gasteiger partial charge in [0, 0.05) is 6.04 Å². The van der Waals surface area contributed by atoms with Crippen molar-refractivity contribution in [2.45, 2.75) is 57.9 Å². The first-order chi connectivity index (χ1) is 7.33. The molecular weight excluding hydrogens is 182 g/mol. The third-order valence-electron chi connectivity index (χ3n) is 4.81. The molecule has 15 heavy (non-hydrogen) atoms. The minimum absolute atomic E-state index is 0.913. The van der Waals surface area contributed by atoms with Crippen LogP contribution in [-0.4, -0.2) is 12.6 Å². The van der Waals surface area contributed by atoms with Gasteiger partial charge in [-0.05, 0) is 55.9 Å². The zero-order valence-electron chi connectivity index (χ0n) is 10.0. The maximum atomic E-state index is 3.70. The Kier molecular flexibility index (Phi) is 2.76. The number of nitrogens with one attached hydrogen (secondary N) is 1. The molecule has 3 saturated carbocycles. The van der Waals surface area contributed by atoms with Crippen LogP contribution in [0.5, 0.6) is 0 Å². The van der Waals surface area contributed by atoms with Gasteiger partial charge in [-0.1, -0.05) is 26.2 Å². The summed E-state index contributed by atoms with van der Waals surface area (Å²) in [7, 11) is 0. The van der Waals surface area contributed by atoms with Crippen LogP contribution in [0.2, 0.25) is 0 Å². The second-order valence-corrected chi connectivity index (χ2v) is 6.37. The molecule has 3 aliphatic rings. The molecule has 1 heteroatoms. The van der Waals surface area contributed by atoms with E-state index in [1.165, 1.54) is 51.5 Å². The number of hydrogen-bond donors (Lipinski definition) is 1. The van der Waals surface area contributed by atoms with E-state index in [9.17, 15) is 0 Å². The maximum absolute atomic E-state index is 3.70. The van der Waals surface area contributed by atoms with Crippen LogP contribution in [0.25, 0.3) is 0 Å². The molecule has 0 aromatic rings. The van der Waals surface area contributed by atoms with Crippen molar-refractivity contribution in [1.29, 1.82) is 0 Å². The summed E-state index contributed by atoms with van der Waals surface area (Å²) in [6, 6.07) is 0.913. The van der Waals surface area contributed by atoms with E-state index in [-0.39, 0.29) is 0 Å². The smallest absolute Gasteiger partial charge is 0.00683 e. The van der Waals surface area contributed by atoms with Gasteiger partial charge in [-0.25, -0.2) is 0 Å². The molecule has 0 aliphatic heterocycles. The van der Waals surface area contributed by atoms with Crippen LogP contribution >= 0.6 is 0 Å². The molecule has 0 heterocycles. The topological polar surface area (TPSA) is 12.0 Å². The van der Waals surface area contributed by atoms with Gasteiger partial charge in [0.1, 0.15) is 0 Å². The lowest BCUT2D eigenvalue weighted by Crippen LogP contribution is -2.22. The van der Waals surface area contributed by atoms with Gasteiger partial charge >= 0.3 is 0 Å². The molecule has 4 atom stereocenters. The van der Waals surface area contributed by atoms with E-state index in [4.69, 9.17) is 0 Å². The van der Waals surface area contributed by atoms with Gasteiger partial charge in [0.15, 0.2) is 0 Å². The van der Waals surface area contributed by atoms with E-state index in [0.29, 0.717) is 0 Å². The van der Waals surface area contributed by atoms with Crippen LogP contribution < -0.4 is 5.32 Å². The first-order valence-electron chi connectivity index (χ1n) is 7.06. The van der Waals surface area contributed by atoms with E-state index < -0.39 is 0 Å². The summed E-state index contributed by atoms with van der Waals surface area (Å²) in [5, 5.41) is 3.70. The van der Waals surface area contributed by atoms with Crippen LogP contribution in [0.4, 0.5) is 0 Å². The van der Waals surface area contributed by atoms with Crippen molar-refractivity contribution in [1.82, 2.24) is 5.32 Å². The summed E-state index contributed by atoms with van der Waals surface area (Å²) in [5.41, 5.74) is 0. The summed E-state index contributed by atoms with van der Waals surface area (Å²) >= 11 is 0. The second-order valence-electron chi connectivity index (χ2n) is 6.37. The molecule has 4 unspecified atom stereocenters. The van der Waals surface area contributed by atoms with Crippen LogP contribution in [-0.2, 0) is 0 Å². The molecule has 3 aliphatic carbocycles. The highest BCUT2D eigenvalue weighted by molar-refractivity contribution is 4.95. The number of rotatable bonds is 4. The minimum Gasteiger partial charge on any atom is -0.314 e. The van der Waals surface area contributed by atoms with Crippen molar-refractivity contribution < 1.29 is 0 Å².